The van der Waals surface area contributed by atoms with Crippen molar-refractivity contribution in [3.63, 3.8) is 0 Å². The van der Waals surface area contributed by atoms with Crippen LogP contribution in [-0.4, -0.2) is 21.1 Å². The van der Waals surface area contributed by atoms with E-state index in [0.717, 1.165) is 0 Å². The molecule has 18 heavy (non-hydrogen) atoms. The van der Waals surface area contributed by atoms with Crippen molar-refractivity contribution in [1.82, 2.24) is 9.44 Å². The fraction of sp³-hybridized carbons (Fsp3) is 0.333. The first-order chi connectivity index (χ1) is 8.18. The van der Waals surface area contributed by atoms with Crippen molar-refractivity contribution in [2.75, 3.05) is 12.3 Å². The van der Waals surface area contributed by atoms with Crippen LogP contribution in [0.15, 0.2) is 24.3 Å². The van der Waals surface area contributed by atoms with Gasteiger partial charge in [0.15, 0.2) is 0 Å². The van der Waals surface area contributed by atoms with E-state index in [9.17, 15) is 21.6 Å². The number of halogens is 3. The van der Waals surface area contributed by atoms with Gasteiger partial charge in [-0.15, -0.1) is 0 Å². The maximum absolute atomic E-state index is 11.8. The lowest BCUT2D eigenvalue weighted by Gasteiger charge is -2.10. The van der Waals surface area contributed by atoms with Crippen molar-refractivity contribution in [3.05, 3.63) is 29.8 Å². The monoisotopic (exact) mass is 283 g/mol. The molecule has 1 aromatic rings. The zero-order valence-corrected chi connectivity index (χ0v) is 9.98. The molecule has 0 saturated heterocycles. The van der Waals surface area contributed by atoms with Gasteiger partial charge in [0.25, 0.3) is 10.2 Å². The second-order valence-corrected chi connectivity index (χ2v) is 5.09. The van der Waals surface area contributed by atoms with Gasteiger partial charge in [0.05, 0.1) is 0 Å². The third-order valence-electron chi connectivity index (χ3n) is 1.88. The number of rotatable bonds is 5. The van der Waals surface area contributed by atoms with Gasteiger partial charge in [-0.05, 0) is 17.7 Å². The van der Waals surface area contributed by atoms with Gasteiger partial charge in [0.2, 0.25) is 0 Å². The molecule has 0 aliphatic carbocycles. The third kappa shape index (κ3) is 5.84. The number of nitrogens with one attached hydrogen (secondary N) is 2. The molecule has 0 bridgehead atoms. The van der Waals surface area contributed by atoms with E-state index in [1.165, 1.54) is 10.8 Å². The minimum Gasteiger partial charge on any atom is -0.399 e. The highest BCUT2D eigenvalue weighted by atomic mass is 32.2. The van der Waals surface area contributed by atoms with E-state index in [1.54, 1.807) is 18.2 Å². The molecular weight excluding hydrogens is 271 g/mol. The molecule has 102 valence electrons. The number of anilines is 1. The van der Waals surface area contributed by atoms with Gasteiger partial charge >= 0.3 is 6.18 Å². The van der Waals surface area contributed by atoms with E-state index in [-0.39, 0.29) is 6.54 Å². The molecule has 0 fully saturated rings. The van der Waals surface area contributed by atoms with Crippen molar-refractivity contribution in [1.29, 1.82) is 0 Å². The highest BCUT2D eigenvalue weighted by Crippen LogP contribution is 2.12. The first-order valence-electron chi connectivity index (χ1n) is 4.83. The molecule has 0 heterocycles. The molecule has 0 aromatic heterocycles. The smallest absolute Gasteiger partial charge is 0.399 e. The van der Waals surface area contributed by atoms with E-state index in [1.807, 2.05) is 4.72 Å². The number of alkyl halides is 3. The lowest BCUT2D eigenvalue weighted by Crippen LogP contribution is -2.41. The van der Waals surface area contributed by atoms with Crippen molar-refractivity contribution in [2.24, 2.45) is 0 Å². The summed E-state index contributed by atoms with van der Waals surface area (Å²) in [6.07, 6.45) is -4.59. The van der Waals surface area contributed by atoms with Crippen LogP contribution in [0.4, 0.5) is 18.9 Å². The van der Waals surface area contributed by atoms with E-state index in [0.29, 0.717) is 11.3 Å². The maximum atomic E-state index is 11.8. The molecule has 0 saturated carbocycles. The molecular formula is C9H12F3N3O2S. The van der Waals surface area contributed by atoms with Crippen LogP contribution in [0.5, 0.6) is 0 Å². The first kappa shape index (κ1) is 14.7. The third-order valence-corrected chi connectivity index (χ3v) is 2.93. The van der Waals surface area contributed by atoms with Crippen molar-refractivity contribution in [2.45, 2.75) is 12.7 Å². The summed E-state index contributed by atoms with van der Waals surface area (Å²) in [5.74, 6) is 0. The van der Waals surface area contributed by atoms with Gasteiger partial charge in [-0.3, -0.25) is 0 Å². The van der Waals surface area contributed by atoms with Crippen molar-refractivity contribution >= 4 is 15.9 Å². The number of nitrogen functional groups attached to an aromatic ring is 1. The predicted octanol–water partition coefficient (Wildman–Crippen LogP) is 0.755. The minimum atomic E-state index is -4.59. The van der Waals surface area contributed by atoms with Gasteiger partial charge in [-0.25, -0.2) is 0 Å². The Balaban J connectivity index is 2.52. The Kier molecular flexibility index (Phi) is 4.54. The molecule has 5 nitrogen and oxygen atoms in total. The Bertz CT molecular complexity index is 502. The predicted molar refractivity (Wildman–Crippen MR) is 60.7 cm³/mol. The average Bonchev–Trinajstić information content (AvgIpc) is 2.24. The molecule has 0 spiro atoms. The van der Waals surface area contributed by atoms with E-state index >= 15 is 0 Å². The molecule has 1 rings (SSSR count). The summed E-state index contributed by atoms with van der Waals surface area (Å²) in [5, 5.41) is 0. The summed E-state index contributed by atoms with van der Waals surface area (Å²) in [5.41, 5.74) is 6.46. The second kappa shape index (κ2) is 5.55. The number of hydrogen-bond donors (Lipinski definition) is 3. The van der Waals surface area contributed by atoms with E-state index in [2.05, 4.69) is 0 Å². The van der Waals surface area contributed by atoms with E-state index < -0.39 is 22.9 Å². The Morgan fingerprint density at radius 2 is 1.89 bits per heavy atom. The molecule has 0 radical (unpaired) electrons. The van der Waals surface area contributed by atoms with Gasteiger partial charge in [-0.1, -0.05) is 12.1 Å². The van der Waals surface area contributed by atoms with Crippen LogP contribution in [0.25, 0.3) is 0 Å². The molecule has 0 amide bonds. The topological polar surface area (TPSA) is 84.2 Å². The summed E-state index contributed by atoms with van der Waals surface area (Å²) in [6.45, 7) is -1.75. The first-order valence-corrected chi connectivity index (χ1v) is 6.32. The number of nitrogens with two attached hydrogens (primary N) is 1. The Hall–Kier alpha value is -1.32. The molecule has 9 heteroatoms. The molecule has 0 unspecified atom stereocenters. The van der Waals surface area contributed by atoms with Gasteiger partial charge in [0, 0.05) is 12.2 Å². The Labute approximate surface area is 102 Å². The quantitative estimate of drug-likeness (QED) is 0.697. The zero-order valence-electron chi connectivity index (χ0n) is 9.16. The summed E-state index contributed by atoms with van der Waals surface area (Å²) >= 11 is 0. The number of benzene rings is 1. The van der Waals surface area contributed by atoms with Crippen LogP contribution in [0.2, 0.25) is 0 Å². The van der Waals surface area contributed by atoms with Crippen LogP contribution >= 0.6 is 0 Å². The molecule has 0 atom stereocenters. The zero-order chi connectivity index (χ0) is 13.8. The Morgan fingerprint density at radius 1 is 1.22 bits per heavy atom. The summed E-state index contributed by atoms with van der Waals surface area (Å²) < 4.78 is 61.2. The second-order valence-electron chi connectivity index (χ2n) is 3.51. The largest absolute Gasteiger partial charge is 0.402 e. The van der Waals surface area contributed by atoms with Crippen LogP contribution < -0.4 is 15.2 Å². The van der Waals surface area contributed by atoms with Crippen LogP contribution in [0.1, 0.15) is 5.56 Å². The minimum absolute atomic E-state index is 0.141. The summed E-state index contributed by atoms with van der Waals surface area (Å²) in [6, 6.07) is 6.34. The van der Waals surface area contributed by atoms with Crippen LogP contribution in [0, 0.1) is 0 Å². The lowest BCUT2D eigenvalue weighted by atomic mass is 10.2. The van der Waals surface area contributed by atoms with Crippen molar-refractivity contribution < 1.29 is 21.6 Å². The van der Waals surface area contributed by atoms with Gasteiger partial charge in [-0.2, -0.15) is 31.0 Å². The van der Waals surface area contributed by atoms with Crippen LogP contribution in [-0.2, 0) is 16.8 Å². The Morgan fingerprint density at radius 3 is 2.44 bits per heavy atom. The SMILES string of the molecule is Nc1cccc(CNS(=O)(=O)NCC(F)(F)F)c1. The summed E-state index contributed by atoms with van der Waals surface area (Å²) in [4.78, 5) is 0. The molecule has 0 aliphatic heterocycles. The fourth-order valence-corrected chi connectivity index (χ4v) is 1.92. The maximum Gasteiger partial charge on any atom is 0.402 e. The normalized spacial score (nSPS) is 12.6. The summed E-state index contributed by atoms with van der Waals surface area (Å²) in [7, 11) is -4.19. The van der Waals surface area contributed by atoms with Gasteiger partial charge in [0.1, 0.15) is 6.54 Å². The van der Waals surface area contributed by atoms with Gasteiger partial charge < -0.3 is 5.73 Å². The fourth-order valence-electron chi connectivity index (χ4n) is 1.11. The molecule has 0 aliphatic rings. The van der Waals surface area contributed by atoms with E-state index in [4.69, 9.17) is 5.73 Å². The standard InChI is InChI=1S/C9H12F3N3O2S/c10-9(11,12)6-15-18(16,17)14-5-7-2-1-3-8(13)4-7/h1-4,14-15H,5-6,13H2. The molecule has 4 N–H and O–H groups in total. The van der Waals surface area contributed by atoms with Crippen LogP contribution in [0.3, 0.4) is 0 Å². The highest BCUT2D eigenvalue weighted by Gasteiger charge is 2.29. The average molecular weight is 283 g/mol. The van der Waals surface area contributed by atoms with Crippen molar-refractivity contribution in [3.8, 4) is 0 Å². The molecule has 1 aromatic carbocycles. The lowest BCUT2D eigenvalue weighted by molar-refractivity contribution is -0.121. The number of hydrogen-bond acceptors (Lipinski definition) is 3. The highest BCUT2D eigenvalue weighted by molar-refractivity contribution is 7.87.